The van der Waals surface area contributed by atoms with E-state index < -0.39 is 5.92 Å². The Morgan fingerprint density at radius 1 is 1.31 bits per heavy atom. The molecule has 0 radical (unpaired) electrons. The van der Waals surface area contributed by atoms with Gasteiger partial charge in [-0.3, -0.25) is 9.69 Å². The van der Waals surface area contributed by atoms with Crippen LogP contribution < -0.4 is 10.6 Å². The molecule has 7 nitrogen and oxygen atoms in total. The Morgan fingerprint density at radius 3 is 2.73 bits per heavy atom. The summed E-state index contributed by atoms with van der Waals surface area (Å²) in [6.45, 7) is 0. The molecule has 4 rings (SSSR count). The van der Waals surface area contributed by atoms with Crippen LogP contribution in [0.1, 0.15) is 30.7 Å². The summed E-state index contributed by atoms with van der Waals surface area (Å²) < 4.78 is 13.4. The second-order valence-electron chi connectivity index (χ2n) is 6.18. The Bertz CT molecular complexity index is 968. The van der Waals surface area contributed by atoms with Crippen molar-refractivity contribution in [2.45, 2.75) is 25.2 Å². The number of halogens is 1. The monoisotopic (exact) mass is 350 g/mol. The van der Waals surface area contributed by atoms with Crippen molar-refractivity contribution in [2.75, 3.05) is 4.90 Å². The highest BCUT2D eigenvalue weighted by Gasteiger charge is 2.40. The number of aromatic amines is 1. The van der Waals surface area contributed by atoms with Gasteiger partial charge in [-0.1, -0.05) is 12.1 Å². The molecule has 1 atom stereocenters. The molecular weight excluding hydrogens is 335 g/mol. The standard InChI is InChI=1S/C18H15FN6O/c19-11-6-4-10(5-7-11)15-12(8-20)17(21)25(18-22-9-23-24-18)13-2-1-3-14(26)16(13)15/h4-7,9,15H,1-3,21H2,(H,22,23,24)/t15-/m1/s1. The lowest BCUT2D eigenvalue weighted by Crippen LogP contribution is -2.39. The molecule has 0 bridgehead atoms. The number of hydrogen-bond acceptors (Lipinski definition) is 6. The Balaban J connectivity index is 1.96. The molecule has 1 aromatic carbocycles. The molecule has 1 aliphatic carbocycles. The third-order valence-electron chi connectivity index (χ3n) is 4.73. The Kier molecular flexibility index (Phi) is 3.77. The first-order valence-electron chi connectivity index (χ1n) is 8.18. The Morgan fingerprint density at radius 2 is 2.08 bits per heavy atom. The molecule has 8 heteroatoms. The van der Waals surface area contributed by atoms with Crippen LogP contribution in [0, 0.1) is 17.1 Å². The van der Waals surface area contributed by atoms with Crippen molar-refractivity contribution in [2.24, 2.45) is 5.73 Å². The Labute approximate surface area is 148 Å². The van der Waals surface area contributed by atoms with Gasteiger partial charge in [0.1, 0.15) is 18.0 Å². The number of rotatable bonds is 2. The van der Waals surface area contributed by atoms with Crippen LogP contribution in [-0.4, -0.2) is 21.0 Å². The first-order chi connectivity index (χ1) is 12.6. The third kappa shape index (κ3) is 2.37. The normalized spacial score (nSPS) is 20.2. The summed E-state index contributed by atoms with van der Waals surface area (Å²) >= 11 is 0. The van der Waals surface area contributed by atoms with Crippen LogP contribution in [0.5, 0.6) is 0 Å². The van der Waals surface area contributed by atoms with Gasteiger partial charge in [0.15, 0.2) is 5.78 Å². The lowest BCUT2D eigenvalue weighted by Gasteiger charge is -2.38. The number of anilines is 1. The van der Waals surface area contributed by atoms with Crippen LogP contribution in [0.4, 0.5) is 10.3 Å². The number of carbonyl (C=O) groups is 1. The van der Waals surface area contributed by atoms with E-state index in [2.05, 4.69) is 21.3 Å². The van der Waals surface area contributed by atoms with Crippen molar-refractivity contribution >= 4 is 11.7 Å². The topological polar surface area (TPSA) is 112 Å². The molecule has 0 spiro atoms. The van der Waals surface area contributed by atoms with E-state index in [-0.39, 0.29) is 23.0 Å². The molecule has 2 heterocycles. The van der Waals surface area contributed by atoms with Crippen LogP contribution in [0.3, 0.4) is 0 Å². The maximum atomic E-state index is 13.4. The molecule has 2 aromatic rings. The SMILES string of the molecule is N#CC1=C(N)N(c2ncn[nH]2)C2=C(C(=O)CCC2)[C@@H]1c1ccc(F)cc1. The van der Waals surface area contributed by atoms with Gasteiger partial charge in [0.25, 0.3) is 0 Å². The predicted octanol–water partition coefficient (Wildman–Crippen LogP) is 2.25. The molecule has 130 valence electrons. The molecule has 0 saturated heterocycles. The van der Waals surface area contributed by atoms with Crippen molar-refractivity contribution in [3.05, 3.63) is 64.6 Å². The van der Waals surface area contributed by atoms with Gasteiger partial charge in [0.05, 0.1) is 17.6 Å². The van der Waals surface area contributed by atoms with Crippen molar-refractivity contribution < 1.29 is 9.18 Å². The minimum atomic E-state index is -0.609. The second kappa shape index (κ2) is 6.11. The highest BCUT2D eigenvalue weighted by molar-refractivity contribution is 6.01. The zero-order chi connectivity index (χ0) is 18.3. The summed E-state index contributed by atoms with van der Waals surface area (Å²) in [6.07, 6.45) is 3.05. The van der Waals surface area contributed by atoms with Gasteiger partial charge in [-0.05, 0) is 30.5 Å². The molecule has 1 aliphatic heterocycles. The molecule has 1 aromatic heterocycles. The smallest absolute Gasteiger partial charge is 0.231 e. The second-order valence-corrected chi connectivity index (χ2v) is 6.18. The number of nitrogens with two attached hydrogens (primary N) is 1. The summed E-state index contributed by atoms with van der Waals surface area (Å²) in [4.78, 5) is 18.5. The van der Waals surface area contributed by atoms with Crippen molar-refractivity contribution in [3.8, 4) is 6.07 Å². The number of nitriles is 1. The van der Waals surface area contributed by atoms with E-state index in [9.17, 15) is 14.4 Å². The van der Waals surface area contributed by atoms with Crippen molar-refractivity contribution in [3.63, 3.8) is 0 Å². The maximum absolute atomic E-state index is 13.4. The van der Waals surface area contributed by atoms with Crippen LogP contribution in [-0.2, 0) is 4.79 Å². The van der Waals surface area contributed by atoms with Gasteiger partial charge < -0.3 is 5.73 Å². The lowest BCUT2D eigenvalue weighted by molar-refractivity contribution is -0.116. The molecule has 0 fully saturated rings. The first kappa shape index (κ1) is 16.0. The van der Waals surface area contributed by atoms with Crippen LogP contribution in [0.25, 0.3) is 0 Å². The number of carbonyl (C=O) groups excluding carboxylic acids is 1. The van der Waals surface area contributed by atoms with Gasteiger partial charge in [-0.15, -0.1) is 0 Å². The fourth-order valence-corrected chi connectivity index (χ4v) is 3.62. The Hall–Kier alpha value is -3.47. The van der Waals surface area contributed by atoms with E-state index in [1.54, 1.807) is 17.0 Å². The summed E-state index contributed by atoms with van der Waals surface area (Å²) in [5, 5.41) is 16.3. The van der Waals surface area contributed by atoms with Crippen molar-refractivity contribution in [1.82, 2.24) is 15.2 Å². The largest absolute Gasteiger partial charge is 0.384 e. The number of H-pyrrole nitrogens is 1. The highest BCUT2D eigenvalue weighted by atomic mass is 19.1. The number of hydrogen-bond donors (Lipinski definition) is 2. The molecular formula is C18H15FN6O. The van der Waals surface area contributed by atoms with E-state index >= 15 is 0 Å². The number of nitrogens with zero attached hydrogens (tertiary/aromatic N) is 4. The minimum absolute atomic E-state index is 0.0367. The van der Waals surface area contributed by atoms with Gasteiger partial charge in [-0.25, -0.2) is 9.49 Å². The zero-order valence-corrected chi connectivity index (χ0v) is 13.7. The van der Waals surface area contributed by atoms with E-state index in [4.69, 9.17) is 5.73 Å². The number of benzene rings is 1. The van der Waals surface area contributed by atoms with Gasteiger partial charge >= 0.3 is 0 Å². The summed E-state index contributed by atoms with van der Waals surface area (Å²) in [5.74, 6) is -0.470. The molecule has 2 aliphatic rings. The first-order valence-corrected chi connectivity index (χ1v) is 8.18. The zero-order valence-electron chi connectivity index (χ0n) is 13.7. The molecule has 0 saturated carbocycles. The average molecular weight is 350 g/mol. The molecule has 26 heavy (non-hydrogen) atoms. The van der Waals surface area contributed by atoms with E-state index in [0.29, 0.717) is 42.0 Å². The predicted molar refractivity (Wildman–Crippen MR) is 90.7 cm³/mol. The van der Waals surface area contributed by atoms with Gasteiger partial charge in [0, 0.05) is 17.7 Å². The van der Waals surface area contributed by atoms with Crippen LogP contribution >= 0.6 is 0 Å². The number of aromatic nitrogens is 3. The van der Waals surface area contributed by atoms with E-state index in [1.807, 2.05) is 0 Å². The van der Waals surface area contributed by atoms with E-state index in [1.165, 1.54) is 18.5 Å². The number of ketones is 1. The summed E-state index contributed by atoms with van der Waals surface area (Å²) in [7, 11) is 0. The molecule has 3 N–H and O–H groups in total. The number of Topliss-reactive ketones (excluding diaryl/α,β-unsaturated/α-hetero) is 1. The number of allylic oxidation sites excluding steroid dienone is 3. The lowest BCUT2D eigenvalue weighted by atomic mass is 9.76. The minimum Gasteiger partial charge on any atom is -0.384 e. The van der Waals surface area contributed by atoms with Gasteiger partial charge in [-0.2, -0.15) is 15.3 Å². The average Bonchev–Trinajstić information content (AvgIpc) is 3.16. The fourth-order valence-electron chi connectivity index (χ4n) is 3.62. The fraction of sp³-hybridized carbons (Fsp3) is 0.222. The van der Waals surface area contributed by atoms with Crippen LogP contribution in [0.15, 0.2) is 53.3 Å². The summed E-state index contributed by atoms with van der Waals surface area (Å²) in [6, 6.07) is 7.93. The maximum Gasteiger partial charge on any atom is 0.231 e. The third-order valence-corrected chi connectivity index (χ3v) is 4.73. The van der Waals surface area contributed by atoms with Crippen LogP contribution in [0.2, 0.25) is 0 Å². The van der Waals surface area contributed by atoms with E-state index in [0.717, 1.165) is 0 Å². The van der Waals surface area contributed by atoms with Gasteiger partial charge in [0.2, 0.25) is 5.95 Å². The summed E-state index contributed by atoms with van der Waals surface area (Å²) in [5.41, 5.74) is 8.44. The number of nitrogens with one attached hydrogen (secondary N) is 1. The molecule has 0 unspecified atom stereocenters. The quantitative estimate of drug-likeness (QED) is 0.859. The van der Waals surface area contributed by atoms with Crippen molar-refractivity contribution in [1.29, 1.82) is 5.26 Å². The highest BCUT2D eigenvalue weighted by Crippen LogP contribution is 2.45. The molecule has 0 amide bonds.